The summed E-state index contributed by atoms with van der Waals surface area (Å²) in [5.41, 5.74) is -0.322. The van der Waals surface area contributed by atoms with Crippen LogP contribution in [-0.2, 0) is 0 Å². The van der Waals surface area contributed by atoms with Crippen LogP contribution in [0.15, 0.2) is 49.1 Å². The second-order valence-corrected chi connectivity index (χ2v) is 7.41. The molecule has 1 aliphatic carbocycles. The van der Waals surface area contributed by atoms with Gasteiger partial charge in [-0.25, -0.2) is 18.2 Å². The molecular weight excluding hydrogens is 393 g/mol. The fourth-order valence-electron chi connectivity index (χ4n) is 3.57. The van der Waals surface area contributed by atoms with Crippen LogP contribution in [0.5, 0.6) is 0 Å². The van der Waals surface area contributed by atoms with Crippen molar-refractivity contribution in [3.63, 3.8) is 0 Å². The van der Waals surface area contributed by atoms with Gasteiger partial charge in [-0.1, -0.05) is 0 Å². The van der Waals surface area contributed by atoms with E-state index in [1.165, 1.54) is 16.8 Å². The molecule has 3 heterocycles. The lowest BCUT2D eigenvalue weighted by molar-refractivity contribution is 0.103. The van der Waals surface area contributed by atoms with Gasteiger partial charge in [-0.05, 0) is 43.0 Å². The molecule has 1 aliphatic rings. The van der Waals surface area contributed by atoms with Gasteiger partial charge < -0.3 is 14.9 Å². The van der Waals surface area contributed by atoms with Crippen LogP contribution in [0, 0.1) is 23.4 Å². The van der Waals surface area contributed by atoms with E-state index in [0.717, 1.165) is 25.1 Å². The number of aromatic nitrogens is 3. The van der Waals surface area contributed by atoms with Crippen molar-refractivity contribution < 1.29 is 18.0 Å². The van der Waals surface area contributed by atoms with E-state index in [1.807, 2.05) is 0 Å². The van der Waals surface area contributed by atoms with Gasteiger partial charge >= 0.3 is 0 Å². The average Bonchev–Trinajstić information content (AvgIpc) is 3.21. The Bertz CT molecular complexity index is 1260. The number of pyridine rings is 1. The van der Waals surface area contributed by atoms with Crippen LogP contribution in [0.2, 0.25) is 0 Å². The molecule has 0 amide bonds. The number of rotatable bonds is 6. The van der Waals surface area contributed by atoms with Crippen molar-refractivity contribution in [3.05, 3.63) is 77.6 Å². The maximum absolute atomic E-state index is 15.2. The Labute approximate surface area is 169 Å². The smallest absolute Gasteiger partial charge is 0.201 e. The molecule has 0 bridgehead atoms. The first kappa shape index (κ1) is 18.5. The molecule has 152 valence electrons. The van der Waals surface area contributed by atoms with Gasteiger partial charge in [0.15, 0.2) is 11.6 Å². The van der Waals surface area contributed by atoms with Crippen molar-refractivity contribution in [2.75, 3.05) is 11.9 Å². The Morgan fingerprint density at radius 2 is 1.93 bits per heavy atom. The maximum atomic E-state index is 15.2. The van der Waals surface area contributed by atoms with Gasteiger partial charge in [0.1, 0.15) is 11.5 Å². The van der Waals surface area contributed by atoms with Crippen LogP contribution in [0.3, 0.4) is 0 Å². The van der Waals surface area contributed by atoms with Crippen LogP contribution in [0.1, 0.15) is 28.8 Å². The molecule has 0 radical (unpaired) electrons. The fraction of sp³-hybridized carbons (Fsp3) is 0.182. The predicted octanol–water partition coefficient (Wildman–Crippen LogP) is 4.82. The average molecular weight is 410 g/mol. The molecule has 1 fully saturated rings. The number of hydrogen-bond donors (Lipinski definition) is 2. The normalized spacial score (nSPS) is 13.7. The van der Waals surface area contributed by atoms with Crippen molar-refractivity contribution in [3.8, 4) is 5.69 Å². The Kier molecular flexibility index (Phi) is 4.34. The molecule has 0 atom stereocenters. The second-order valence-electron chi connectivity index (χ2n) is 7.41. The third-order valence-corrected chi connectivity index (χ3v) is 5.34. The summed E-state index contributed by atoms with van der Waals surface area (Å²) in [4.78, 5) is 20.0. The minimum Gasteiger partial charge on any atom is -0.382 e. The minimum absolute atomic E-state index is 0.0426. The van der Waals surface area contributed by atoms with Crippen LogP contribution >= 0.6 is 0 Å². The lowest BCUT2D eigenvalue weighted by Crippen LogP contribution is -2.11. The summed E-state index contributed by atoms with van der Waals surface area (Å²) in [5.74, 6) is -3.02. The zero-order valence-corrected chi connectivity index (χ0v) is 15.8. The summed E-state index contributed by atoms with van der Waals surface area (Å²) in [5, 5.41) is 3.22. The molecule has 4 aromatic rings. The van der Waals surface area contributed by atoms with E-state index in [0.29, 0.717) is 12.5 Å². The number of carbonyl (C=O) groups excluding carboxylic acids is 1. The van der Waals surface area contributed by atoms with E-state index in [-0.39, 0.29) is 28.0 Å². The van der Waals surface area contributed by atoms with Crippen molar-refractivity contribution in [2.45, 2.75) is 12.8 Å². The number of ketones is 1. The summed E-state index contributed by atoms with van der Waals surface area (Å²) in [7, 11) is 0. The summed E-state index contributed by atoms with van der Waals surface area (Å²) in [6, 6.07) is 5.69. The maximum Gasteiger partial charge on any atom is 0.201 e. The van der Waals surface area contributed by atoms with Crippen molar-refractivity contribution in [1.82, 2.24) is 14.5 Å². The van der Waals surface area contributed by atoms with Gasteiger partial charge in [0.05, 0.1) is 34.1 Å². The monoisotopic (exact) mass is 410 g/mol. The Hall–Kier alpha value is -3.55. The third-order valence-electron chi connectivity index (χ3n) is 5.34. The van der Waals surface area contributed by atoms with Crippen LogP contribution < -0.4 is 5.32 Å². The number of nitrogens with one attached hydrogen (secondary N) is 2. The van der Waals surface area contributed by atoms with E-state index >= 15 is 4.39 Å². The first-order valence-corrected chi connectivity index (χ1v) is 9.60. The Balaban J connectivity index is 1.63. The van der Waals surface area contributed by atoms with E-state index in [4.69, 9.17) is 0 Å². The van der Waals surface area contributed by atoms with Crippen LogP contribution in [0.4, 0.5) is 18.9 Å². The number of nitrogens with zero attached hydrogens (tertiary/aromatic N) is 2. The zero-order chi connectivity index (χ0) is 20.8. The molecule has 5 rings (SSSR count). The molecule has 30 heavy (non-hydrogen) atoms. The zero-order valence-electron chi connectivity index (χ0n) is 15.8. The quantitative estimate of drug-likeness (QED) is 0.448. The highest BCUT2D eigenvalue weighted by Gasteiger charge is 2.27. The fourth-order valence-corrected chi connectivity index (χ4v) is 3.57. The highest BCUT2D eigenvalue weighted by Crippen LogP contribution is 2.34. The molecule has 0 saturated heterocycles. The largest absolute Gasteiger partial charge is 0.382 e. The number of carbonyl (C=O) groups is 1. The number of anilines is 1. The third kappa shape index (κ3) is 3.04. The van der Waals surface area contributed by atoms with Gasteiger partial charge in [0.2, 0.25) is 5.78 Å². The number of aromatic amines is 1. The summed E-state index contributed by atoms with van der Waals surface area (Å²) < 4.78 is 45.7. The lowest BCUT2D eigenvalue weighted by atomic mass is 10.0. The standard InChI is InChI=1S/C22H17F3N4O/c23-14-5-6-16(29-7-1-2-8-29)19(25)18(14)21(30)13-10-27-22-17(13)20(15(24)11-28-22)26-9-12-3-4-12/h1-2,5-8,10-12H,3-4,9H2,(H2,26,27,28). The molecule has 0 aliphatic heterocycles. The second kappa shape index (κ2) is 7.05. The molecular formula is C22H17F3N4O. The van der Waals surface area contributed by atoms with Gasteiger partial charge in [0, 0.05) is 25.1 Å². The number of halogens is 3. The minimum atomic E-state index is -0.986. The molecule has 2 N–H and O–H groups in total. The molecule has 0 unspecified atom stereocenters. The Morgan fingerprint density at radius 3 is 2.67 bits per heavy atom. The summed E-state index contributed by atoms with van der Waals surface area (Å²) in [6.07, 6.45) is 7.67. The predicted molar refractivity (Wildman–Crippen MR) is 106 cm³/mol. The SMILES string of the molecule is O=C(c1c(F)ccc(-n2cccc2)c1F)c1c[nH]c2ncc(F)c(NCC3CC3)c12. The van der Waals surface area contributed by atoms with Crippen molar-refractivity contribution in [2.24, 2.45) is 5.92 Å². The van der Waals surface area contributed by atoms with Crippen molar-refractivity contribution in [1.29, 1.82) is 0 Å². The number of hydrogen-bond acceptors (Lipinski definition) is 3. The van der Waals surface area contributed by atoms with Gasteiger partial charge in [-0.2, -0.15) is 0 Å². The van der Waals surface area contributed by atoms with E-state index in [9.17, 15) is 13.6 Å². The van der Waals surface area contributed by atoms with Crippen LogP contribution in [-0.4, -0.2) is 26.9 Å². The number of benzene rings is 1. The number of H-pyrrole nitrogens is 1. The van der Waals surface area contributed by atoms with Gasteiger partial charge in [0.25, 0.3) is 0 Å². The lowest BCUT2D eigenvalue weighted by Gasteiger charge is -2.12. The van der Waals surface area contributed by atoms with Gasteiger partial charge in [-0.15, -0.1) is 0 Å². The summed E-state index contributed by atoms with van der Waals surface area (Å²) in [6.45, 7) is 0.556. The number of fused-ring (bicyclic) bond motifs is 1. The van der Waals surface area contributed by atoms with E-state index in [2.05, 4.69) is 15.3 Å². The Morgan fingerprint density at radius 1 is 1.17 bits per heavy atom. The molecule has 1 aromatic carbocycles. The highest BCUT2D eigenvalue weighted by atomic mass is 19.1. The molecule has 8 heteroatoms. The molecule has 3 aromatic heterocycles. The molecule has 5 nitrogen and oxygen atoms in total. The van der Waals surface area contributed by atoms with Gasteiger partial charge in [-0.3, -0.25) is 4.79 Å². The first-order chi connectivity index (χ1) is 14.5. The topological polar surface area (TPSA) is 62.7 Å². The van der Waals surface area contributed by atoms with Crippen LogP contribution in [0.25, 0.3) is 16.7 Å². The molecule has 1 saturated carbocycles. The van der Waals surface area contributed by atoms with E-state index in [1.54, 1.807) is 24.5 Å². The summed E-state index contributed by atoms with van der Waals surface area (Å²) >= 11 is 0. The van der Waals surface area contributed by atoms with Crippen molar-refractivity contribution >= 4 is 22.5 Å². The van der Waals surface area contributed by atoms with E-state index < -0.39 is 28.8 Å². The highest BCUT2D eigenvalue weighted by molar-refractivity contribution is 6.18. The molecule has 0 spiro atoms. The first-order valence-electron chi connectivity index (χ1n) is 9.60.